The van der Waals surface area contributed by atoms with E-state index in [2.05, 4.69) is 40.9 Å². The van der Waals surface area contributed by atoms with Crippen LogP contribution in [-0.2, 0) is 12.5 Å². The normalized spacial score (nSPS) is 16.7. The zero-order valence-electron chi connectivity index (χ0n) is 17.1. The number of nitrogens with zero attached hydrogens (tertiary/aromatic N) is 5. The van der Waals surface area contributed by atoms with E-state index < -0.39 is 0 Å². The number of aryl methyl sites for hydroxylation is 1. The molecule has 1 fully saturated rings. The van der Waals surface area contributed by atoms with Gasteiger partial charge in [-0.05, 0) is 36.8 Å². The first-order chi connectivity index (χ1) is 14.4. The van der Waals surface area contributed by atoms with Gasteiger partial charge in [0, 0.05) is 31.2 Å². The molecule has 1 saturated carbocycles. The van der Waals surface area contributed by atoms with Gasteiger partial charge in [-0.1, -0.05) is 36.0 Å². The molecule has 0 amide bonds. The molecule has 1 atom stereocenters. The lowest BCUT2D eigenvalue weighted by Gasteiger charge is -2.27. The van der Waals surface area contributed by atoms with Crippen molar-refractivity contribution in [2.75, 3.05) is 0 Å². The van der Waals surface area contributed by atoms with E-state index in [4.69, 9.17) is 21.0 Å². The van der Waals surface area contributed by atoms with E-state index in [0.29, 0.717) is 17.6 Å². The van der Waals surface area contributed by atoms with Gasteiger partial charge in [0.25, 0.3) is 5.89 Å². The maximum absolute atomic E-state index is 5.76. The SMILES string of the molecule is C=C(N)/N=C\C(=C/N)c1ccc(C(C)(c2noc(-c3cnn(C)c3)n2)C2CC2)cc1. The lowest BCUT2D eigenvalue weighted by molar-refractivity contribution is 0.386. The van der Waals surface area contributed by atoms with Crippen LogP contribution >= 0.6 is 0 Å². The van der Waals surface area contributed by atoms with Gasteiger partial charge in [-0.15, -0.1) is 0 Å². The highest BCUT2D eigenvalue weighted by molar-refractivity contribution is 6.09. The van der Waals surface area contributed by atoms with Crippen LogP contribution in [0.25, 0.3) is 17.0 Å². The molecule has 1 aliphatic carbocycles. The fraction of sp³-hybridized carbons (Fsp3) is 0.273. The molecule has 0 radical (unpaired) electrons. The Labute approximate surface area is 175 Å². The molecule has 2 heterocycles. The lowest BCUT2D eigenvalue weighted by atomic mass is 9.76. The van der Waals surface area contributed by atoms with Crippen molar-refractivity contribution in [2.24, 2.45) is 29.4 Å². The van der Waals surface area contributed by atoms with Crippen LogP contribution in [0.15, 0.2) is 64.8 Å². The summed E-state index contributed by atoms with van der Waals surface area (Å²) in [5.74, 6) is 1.86. The smallest absolute Gasteiger partial charge is 0.261 e. The first kappa shape index (κ1) is 19.6. The van der Waals surface area contributed by atoms with Gasteiger partial charge in [-0.3, -0.25) is 4.68 Å². The van der Waals surface area contributed by atoms with Gasteiger partial charge in [-0.2, -0.15) is 10.1 Å². The predicted octanol–water partition coefficient (Wildman–Crippen LogP) is 2.99. The van der Waals surface area contributed by atoms with Crippen molar-refractivity contribution < 1.29 is 4.52 Å². The molecule has 4 N–H and O–H groups in total. The largest absolute Gasteiger partial charge is 0.404 e. The van der Waals surface area contributed by atoms with E-state index in [1.807, 2.05) is 25.4 Å². The van der Waals surface area contributed by atoms with Gasteiger partial charge in [-0.25, -0.2) is 4.99 Å². The van der Waals surface area contributed by atoms with Crippen LogP contribution in [-0.4, -0.2) is 26.1 Å². The Morgan fingerprint density at radius 2 is 2.07 bits per heavy atom. The van der Waals surface area contributed by atoms with Gasteiger partial charge in [0.2, 0.25) is 0 Å². The predicted molar refractivity (Wildman–Crippen MR) is 116 cm³/mol. The average molecular weight is 403 g/mol. The number of hydrogen-bond acceptors (Lipinski definition) is 7. The first-order valence-corrected chi connectivity index (χ1v) is 9.76. The minimum atomic E-state index is -0.339. The highest BCUT2D eigenvalue weighted by Gasteiger charge is 2.47. The number of nitrogens with two attached hydrogens (primary N) is 2. The van der Waals surface area contributed by atoms with Crippen LogP contribution in [0.4, 0.5) is 0 Å². The highest BCUT2D eigenvalue weighted by atomic mass is 16.5. The maximum Gasteiger partial charge on any atom is 0.261 e. The third-order valence-corrected chi connectivity index (χ3v) is 5.60. The Hall–Kier alpha value is -3.68. The standard InChI is InChI=1S/C22H25N7O/c1-14(24)25-11-16(10-23)15-4-6-18(7-5-15)22(2,19-8-9-19)21-27-20(30-28-21)17-12-26-29(3)13-17/h4-7,10-13,19H,1,8-9,23-24H2,2-3H3/b16-10+,25-11-. The summed E-state index contributed by atoms with van der Waals surface area (Å²) in [6.45, 7) is 5.75. The molecule has 0 aliphatic heterocycles. The Balaban J connectivity index is 1.66. The summed E-state index contributed by atoms with van der Waals surface area (Å²) in [5, 5.41) is 8.51. The summed E-state index contributed by atoms with van der Waals surface area (Å²) in [4.78, 5) is 8.75. The van der Waals surface area contributed by atoms with Gasteiger partial charge in [0.15, 0.2) is 5.82 Å². The molecule has 154 valence electrons. The summed E-state index contributed by atoms with van der Waals surface area (Å²) >= 11 is 0. The summed E-state index contributed by atoms with van der Waals surface area (Å²) in [6, 6.07) is 8.20. The second kappa shape index (κ2) is 7.62. The lowest BCUT2D eigenvalue weighted by Crippen LogP contribution is -2.28. The van der Waals surface area contributed by atoms with Crippen LogP contribution < -0.4 is 11.5 Å². The van der Waals surface area contributed by atoms with E-state index in [9.17, 15) is 0 Å². The molecule has 0 saturated heterocycles. The van der Waals surface area contributed by atoms with E-state index in [0.717, 1.165) is 35.1 Å². The van der Waals surface area contributed by atoms with Gasteiger partial charge in [0.05, 0.1) is 17.2 Å². The van der Waals surface area contributed by atoms with Crippen LogP contribution in [0.3, 0.4) is 0 Å². The molecule has 1 unspecified atom stereocenters. The highest BCUT2D eigenvalue weighted by Crippen LogP contribution is 2.50. The fourth-order valence-corrected chi connectivity index (χ4v) is 3.67. The number of hydrogen-bond donors (Lipinski definition) is 2. The van der Waals surface area contributed by atoms with E-state index in [-0.39, 0.29) is 11.2 Å². The Morgan fingerprint density at radius 1 is 1.33 bits per heavy atom. The topological polar surface area (TPSA) is 121 Å². The summed E-state index contributed by atoms with van der Waals surface area (Å²) in [7, 11) is 1.86. The summed E-state index contributed by atoms with van der Waals surface area (Å²) in [6.07, 6.45) is 8.96. The molecule has 2 aromatic heterocycles. The Bertz CT molecular complexity index is 1120. The third kappa shape index (κ3) is 3.63. The molecule has 30 heavy (non-hydrogen) atoms. The molecule has 8 heteroatoms. The summed E-state index contributed by atoms with van der Waals surface area (Å²) < 4.78 is 7.28. The van der Waals surface area contributed by atoms with Crippen LogP contribution in [0.2, 0.25) is 0 Å². The molecule has 8 nitrogen and oxygen atoms in total. The van der Waals surface area contributed by atoms with E-state index in [1.165, 1.54) is 6.20 Å². The molecule has 1 aromatic carbocycles. The number of benzene rings is 1. The zero-order chi connectivity index (χ0) is 21.3. The minimum Gasteiger partial charge on any atom is -0.404 e. The molecule has 4 rings (SSSR count). The number of aromatic nitrogens is 4. The van der Waals surface area contributed by atoms with Crippen molar-refractivity contribution >= 4 is 11.8 Å². The van der Waals surface area contributed by atoms with Crippen molar-refractivity contribution in [3.05, 3.63) is 72.2 Å². The van der Waals surface area contributed by atoms with Crippen molar-refractivity contribution in [3.8, 4) is 11.5 Å². The molecule has 1 aliphatic rings. The average Bonchev–Trinajstić information content (AvgIpc) is 3.32. The van der Waals surface area contributed by atoms with Crippen LogP contribution in [0.5, 0.6) is 0 Å². The van der Waals surface area contributed by atoms with Crippen molar-refractivity contribution in [3.63, 3.8) is 0 Å². The number of rotatable bonds is 7. The minimum absolute atomic E-state index is 0.230. The van der Waals surface area contributed by atoms with Crippen LogP contribution in [0, 0.1) is 5.92 Å². The molecule has 3 aromatic rings. The van der Waals surface area contributed by atoms with E-state index >= 15 is 0 Å². The third-order valence-electron chi connectivity index (χ3n) is 5.60. The molecule has 0 spiro atoms. The molecular formula is C22H25N7O. The zero-order valence-corrected chi connectivity index (χ0v) is 17.1. The maximum atomic E-state index is 5.76. The Morgan fingerprint density at radius 3 is 2.63 bits per heavy atom. The quantitative estimate of drug-likeness (QED) is 0.585. The van der Waals surface area contributed by atoms with Gasteiger partial charge in [0.1, 0.15) is 5.82 Å². The first-order valence-electron chi connectivity index (χ1n) is 9.76. The summed E-state index contributed by atoms with van der Waals surface area (Å²) in [5.41, 5.74) is 14.6. The monoisotopic (exact) mass is 403 g/mol. The molecule has 0 bridgehead atoms. The second-order valence-electron chi connectivity index (χ2n) is 7.75. The van der Waals surface area contributed by atoms with Crippen molar-refractivity contribution in [2.45, 2.75) is 25.2 Å². The fourth-order valence-electron chi connectivity index (χ4n) is 3.67. The van der Waals surface area contributed by atoms with Crippen LogP contribution in [0.1, 0.15) is 36.7 Å². The van der Waals surface area contributed by atoms with Crippen molar-refractivity contribution in [1.82, 2.24) is 19.9 Å². The molecular weight excluding hydrogens is 378 g/mol. The van der Waals surface area contributed by atoms with Crippen molar-refractivity contribution in [1.29, 1.82) is 0 Å². The number of allylic oxidation sites excluding steroid dienone is 1. The van der Waals surface area contributed by atoms with Gasteiger partial charge >= 0.3 is 0 Å². The van der Waals surface area contributed by atoms with Gasteiger partial charge < -0.3 is 16.0 Å². The van der Waals surface area contributed by atoms with E-state index in [1.54, 1.807) is 17.1 Å². The number of aliphatic imine (C=N–C) groups is 1. The second-order valence-corrected chi connectivity index (χ2v) is 7.75. The Kier molecular flexibility index (Phi) is 4.99.